The number of hydrogen-bond acceptors (Lipinski definition) is 4. The molecular weight excluding hydrogens is 156 g/mol. The number of ether oxygens (including phenoxy) is 1. The largest absolute Gasteiger partial charge is 0.468 e. The molecule has 0 spiro atoms. The monoisotopic (exact) mass is 172 g/mol. The molecule has 1 atom stereocenters. The molecule has 1 unspecified atom stereocenters. The Hall–Kier alpha value is -0.610. The molecule has 0 bridgehead atoms. The lowest BCUT2D eigenvalue weighted by Gasteiger charge is -2.23. The average molecular weight is 172 g/mol. The Morgan fingerprint density at radius 1 is 1.75 bits per heavy atom. The molecule has 1 aliphatic heterocycles. The second-order valence-electron chi connectivity index (χ2n) is 3.42. The lowest BCUT2D eigenvalue weighted by Crippen LogP contribution is -2.46. The molecule has 1 aliphatic rings. The fraction of sp³-hybridized carbons (Fsp3) is 0.875. The molecule has 2 N–H and O–H groups in total. The van der Waals surface area contributed by atoms with Crippen LogP contribution in [-0.4, -0.2) is 38.3 Å². The Kier molecular flexibility index (Phi) is 3.05. The van der Waals surface area contributed by atoms with Gasteiger partial charge in [0.2, 0.25) is 0 Å². The van der Waals surface area contributed by atoms with Crippen molar-refractivity contribution in [1.82, 2.24) is 10.6 Å². The van der Waals surface area contributed by atoms with E-state index in [9.17, 15) is 4.79 Å². The number of hydrogen-bond donors (Lipinski definition) is 2. The van der Waals surface area contributed by atoms with Gasteiger partial charge in [-0.25, -0.2) is 0 Å². The fourth-order valence-corrected chi connectivity index (χ4v) is 1.33. The van der Waals surface area contributed by atoms with Gasteiger partial charge in [0, 0.05) is 12.1 Å². The summed E-state index contributed by atoms with van der Waals surface area (Å²) in [6, 6.07) is 0. The minimum Gasteiger partial charge on any atom is -0.468 e. The third-order valence-corrected chi connectivity index (χ3v) is 2.26. The highest BCUT2D eigenvalue weighted by Crippen LogP contribution is 2.12. The van der Waals surface area contributed by atoms with Gasteiger partial charge < -0.3 is 15.4 Å². The molecule has 12 heavy (non-hydrogen) atoms. The summed E-state index contributed by atoms with van der Waals surface area (Å²) in [7, 11) is 1.40. The lowest BCUT2D eigenvalue weighted by atomic mass is 10.0. The second-order valence-corrected chi connectivity index (χ2v) is 3.42. The Morgan fingerprint density at radius 3 is 3.00 bits per heavy atom. The van der Waals surface area contributed by atoms with Crippen molar-refractivity contribution in [3.8, 4) is 0 Å². The van der Waals surface area contributed by atoms with E-state index in [1.54, 1.807) is 0 Å². The zero-order valence-corrected chi connectivity index (χ0v) is 7.64. The summed E-state index contributed by atoms with van der Waals surface area (Å²) >= 11 is 0. The summed E-state index contributed by atoms with van der Waals surface area (Å²) < 4.78 is 4.53. The molecule has 1 rings (SSSR count). The van der Waals surface area contributed by atoms with Crippen LogP contribution < -0.4 is 10.6 Å². The summed E-state index contributed by atoms with van der Waals surface area (Å²) in [6.07, 6.45) is 1.06. The van der Waals surface area contributed by atoms with Crippen LogP contribution in [0.25, 0.3) is 0 Å². The summed E-state index contributed by atoms with van der Waals surface area (Å²) in [4.78, 5) is 10.8. The van der Waals surface area contributed by atoms with Crippen LogP contribution in [0.3, 0.4) is 0 Å². The molecule has 0 aromatic carbocycles. The van der Waals surface area contributed by atoms with Crippen LogP contribution in [0.15, 0.2) is 0 Å². The van der Waals surface area contributed by atoms with Crippen molar-refractivity contribution in [2.24, 2.45) is 0 Å². The Morgan fingerprint density at radius 2 is 2.50 bits per heavy atom. The Bertz CT molecular complexity index is 164. The molecule has 70 valence electrons. The van der Waals surface area contributed by atoms with Crippen molar-refractivity contribution in [2.45, 2.75) is 18.9 Å². The van der Waals surface area contributed by atoms with E-state index in [0.717, 1.165) is 19.5 Å². The van der Waals surface area contributed by atoms with E-state index in [4.69, 9.17) is 0 Å². The van der Waals surface area contributed by atoms with Crippen LogP contribution in [0.2, 0.25) is 0 Å². The van der Waals surface area contributed by atoms with Crippen molar-refractivity contribution in [3.05, 3.63) is 0 Å². The van der Waals surface area contributed by atoms with Gasteiger partial charge in [-0.1, -0.05) is 0 Å². The average Bonchev–Trinajstić information content (AvgIpc) is 2.49. The van der Waals surface area contributed by atoms with Crippen molar-refractivity contribution in [3.63, 3.8) is 0 Å². The van der Waals surface area contributed by atoms with Gasteiger partial charge in [-0.3, -0.25) is 4.79 Å². The molecule has 0 aromatic rings. The quantitative estimate of drug-likeness (QED) is 0.564. The van der Waals surface area contributed by atoms with Crippen molar-refractivity contribution in [2.75, 3.05) is 26.7 Å². The number of nitrogens with one attached hydrogen (secondary N) is 2. The number of carbonyl (C=O) groups is 1. The normalized spacial score (nSPS) is 28.8. The molecular formula is C8H16N2O2. The number of carbonyl (C=O) groups excluding carboxylic acids is 1. The molecule has 1 heterocycles. The first-order valence-corrected chi connectivity index (χ1v) is 4.19. The van der Waals surface area contributed by atoms with Crippen molar-refractivity contribution in [1.29, 1.82) is 0 Å². The van der Waals surface area contributed by atoms with Crippen LogP contribution in [0.1, 0.15) is 13.3 Å². The van der Waals surface area contributed by atoms with E-state index in [2.05, 4.69) is 22.3 Å². The molecule has 0 radical (unpaired) electrons. The van der Waals surface area contributed by atoms with Crippen LogP contribution in [-0.2, 0) is 9.53 Å². The summed E-state index contributed by atoms with van der Waals surface area (Å²) in [5, 5.41) is 6.41. The molecule has 1 saturated heterocycles. The van der Waals surface area contributed by atoms with Gasteiger partial charge in [-0.05, 0) is 19.9 Å². The highest BCUT2D eigenvalue weighted by molar-refractivity contribution is 5.71. The highest BCUT2D eigenvalue weighted by Gasteiger charge is 2.28. The molecule has 4 nitrogen and oxygen atoms in total. The van der Waals surface area contributed by atoms with E-state index in [1.807, 2.05) is 0 Å². The third kappa shape index (κ3) is 2.46. The van der Waals surface area contributed by atoms with Crippen LogP contribution >= 0.6 is 0 Å². The van der Waals surface area contributed by atoms with Crippen molar-refractivity contribution < 1.29 is 9.53 Å². The smallest absolute Gasteiger partial charge is 0.319 e. The maximum absolute atomic E-state index is 10.8. The van der Waals surface area contributed by atoms with Gasteiger partial charge in [0.1, 0.15) is 0 Å². The fourth-order valence-electron chi connectivity index (χ4n) is 1.33. The van der Waals surface area contributed by atoms with Crippen LogP contribution in [0, 0.1) is 0 Å². The summed E-state index contributed by atoms with van der Waals surface area (Å²) in [5.41, 5.74) is 0.0637. The third-order valence-electron chi connectivity index (χ3n) is 2.26. The van der Waals surface area contributed by atoms with E-state index in [0.29, 0.717) is 6.54 Å². The lowest BCUT2D eigenvalue weighted by molar-refractivity contribution is -0.139. The number of rotatable bonds is 3. The topological polar surface area (TPSA) is 50.4 Å². The molecule has 1 fully saturated rings. The van der Waals surface area contributed by atoms with Crippen LogP contribution in [0.5, 0.6) is 0 Å². The predicted octanol–water partition coefficient (Wildman–Crippen LogP) is -0.499. The SMILES string of the molecule is COC(=O)CNC1(C)CCNC1. The van der Waals surface area contributed by atoms with Crippen LogP contribution in [0.4, 0.5) is 0 Å². The molecule has 0 amide bonds. The minimum absolute atomic E-state index is 0.0637. The molecule has 4 heteroatoms. The highest BCUT2D eigenvalue weighted by atomic mass is 16.5. The second kappa shape index (κ2) is 3.87. The maximum atomic E-state index is 10.8. The van der Waals surface area contributed by atoms with Gasteiger partial charge in [0.15, 0.2) is 0 Å². The summed E-state index contributed by atoms with van der Waals surface area (Å²) in [5.74, 6) is -0.205. The maximum Gasteiger partial charge on any atom is 0.319 e. The van der Waals surface area contributed by atoms with Gasteiger partial charge in [0.05, 0.1) is 13.7 Å². The Balaban J connectivity index is 2.25. The van der Waals surface area contributed by atoms with E-state index in [1.165, 1.54) is 7.11 Å². The zero-order valence-electron chi connectivity index (χ0n) is 7.64. The molecule has 0 aliphatic carbocycles. The summed E-state index contributed by atoms with van der Waals surface area (Å²) in [6.45, 7) is 4.35. The molecule has 0 saturated carbocycles. The first kappa shape index (κ1) is 9.48. The van der Waals surface area contributed by atoms with Gasteiger partial charge >= 0.3 is 5.97 Å². The first-order chi connectivity index (χ1) is 5.66. The molecule has 0 aromatic heterocycles. The standard InChI is InChI=1S/C8H16N2O2/c1-8(3-4-9-6-8)10-5-7(11)12-2/h9-10H,3-6H2,1-2H3. The van der Waals surface area contributed by atoms with E-state index in [-0.39, 0.29) is 11.5 Å². The first-order valence-electron chi connectivity index (χ1n) is 4.19. The van der Waals surface area contributed by atoms with Gasteiger partial charge in [-0.15, -0.1) is 0 Å². The van der Waals surface area contributed by atoms with E-state index < -0.39 is 0 Å². The van der Waals surface area contributed by atoms with E-state index >= 15 is 0 Å². The zero-order chi connectivity index (χ0) is 9.03. The minimum atomic E-state index is -0.205. The van der Waals surface area contributed by atoms with Gasteiger partial charge in [0.25, 0.3) is 0 Å². The predicted molar refractivity (Wildman–Crippen MR) is 45.9 cm³/mol. The number of methoxy groups -OCH3 is 1. The Labute approximate surface area is 72.7 Å². The van der Waals surface area contributed by atoms with Gasteiger partial charge in [-0.2, -0.15) is 0 Å². The number of esters is 1. The van der Waals surface area contributed by atoms with Crippen molar-refractivity contribution >= 4 is 5.97 Å².